The Hall–Kier alpha value is -1.81. The number of benzene rings is 1. The molecule has 2 aromatic rings. The van der Waals surface area contributed by atoms with Gasteiger partial charge in [0.15, 0.2) is 5.96 Å². The van der Waals surface area contributed by atoms with Crippen molar-refractivity contribution >= 4 is 29.9 Å². The third kappa shape index (κ3) is 5.71. The molecule has 4 rings (SSSR count). The Balaban J connectivity index is 0.00000272. The zero-order valence-corrected chi connectivity index (χ0v) is 21.2. The molecule has 0 radical (unpaired) electrons. The van der Waals surface area contributed by atoms with Crippen LogP contribution in [0.25, 0.3) is 0 Å². The Labute approximate surface area is 202 Å². The largest absolute Gasteiger partial charge is 0.497 e. The van der Waals surface area contributed by atoms with Crippen molar-refractivity contribution in [1.82, 2.24) is 24.9 Å². The van der Waals surface area contributed by atoms with Crippen molar-refractivity contribution in [3.63, 3.8) is 0 Å². The van der Waals surface area contributed by atoms with Crippen molar-refractivity contribution in [1.29, 1.82) is 0 Å². The maximum atomic E-state index is 5.34. The minimum Gasteiger partial charge on any atom is -0.497 e. The van der Waals surface area contributed by atoms with E-state index in [0.29, 0.717) is 12.0 Å². The third-order valence-electron chi connectivity index (χ3n) is 6.43. The molecule has 1 N–H and O–H groups in total. The first-order valence-electron chi connectivity index (χ1n) is 11.0. The summed E-state index contributed by atoms with van der Waals surface area (Å²) in [6, 6.07) is 8.85. The Kier molecular flexibility index (Phi) is 8.59. The molecule has 2 atom stereocenters. The van der Waals surface area contributed by atoms with Gasteiger partial charge in [-0.3, -0.25) is 14.6 Å². The van der Waals surface area contributed by atoms with Gasteiger partial charge >= 0.3 is 0 Å². The fourth-order valence-corrected chi connectivity index (χ4v) is 4.73. The number of ether oxygens (including phenoxy) is 1. The number of aromatic nitrogens is 2. The summed E-state index contributed by atoms with van der Waals surface area (Å²) in [4.78, 5) is 9.56. The quantitative estimate of drug-likeness (QED) is 0.348. The van der Waals surface area contributed by atoms with Crippen molar-refractivity contribution < 1.29 is 4.74 Å². The average Bonchev–Trinajstić information content (AvgIpc) is 3.53. The summed E-state index contributed by atoms with van der Waals surface area (Å²) in [5.74, 6) is 2.42. The molecule has 0 bridgehead atoms. The highest BCUT2D eigenvalue weighted by molar-refractivity contribution is 14.0. The summed E-state index contributed by atoms with van der Waals surface area (Å²) < 4.78 is 7.23. The van der Waals surface area contributed by atoms with Gasteiger partial charge in [0.05, 0.1) is 19.3 Å². The molecular formula is C23H35IN6O. The second-order valence-electron chi connectivity index (χ2n) is 8.34. The van der Waals surface area contributed by atoms with Gasteiger partial charge in [0.25, 0.3) is 0 Å². The van der Waals surface area contributed by atoms with E-state index in [-0.39, 0.29) is 24.0 Å². The van der Waals surface area contributed by atoms with E-state index in [1.165, 1.54) is 24.0 Å². The van der Waals surface area contributed by atoms with E-state index in [0.717, 1.165) is 50.9 Å². The van der Waals surface area contributed by atoms with E-state index >= 15 is 0 Å². The van der Waals surface area contributed by atoms with Crippen molar-refractivity contribution in [2.24, 2.45) is 12.0 Å². The van der Waals surface area contributed by atoms with Crippen LogP contribution in [0.4, 0.5) is 0 Å². The van der Waals surface area contributed by atoms with Gasteiger partial charge in [-0.1, -0.05) is 12.1 Å². The van der Waals surface area contributed by atoms with Crippen LogP contribution in [0.3, 0.4) is 0 Å². The first-order valence-corrected chi connectivity index (χ1v) is 11.0. The second kappa shape index (κ2) is 11.2. The number of methoxy groups -OCH3 is 1. The number of halogens is 1. The average molecular weight is 538 g/mol. The van der Waals surface area contributed by atoms with Crippen LogP contribution in [0, 0.1) is 0 Å². The van der Waals surface area contributed by atoms with Crippen LogP contribution in [0.2, 0.25) is 0 Å². The van der Waals surface area contributed by atoms with Crippen LogP contribution in [0.1, 0.15) is 42.3 Å². The number of hydrogen-bond acceptors (Lipinski definition) is 4. The smallest absolute Gasteiger partial charge is 0.193 e. The van der Waals surface area contributed by atoms with E-state index in [9.17, 15) is 0 Å². The maximum Gasteiger partial charge on any atom is 0.193 e. The number of guanidine groups is 1. The summed E-state index contributed by atoms with van der Waals surface area (Å²) in [6.07, 6.45) is 7.83. The Morgan fingerprint density at radius 1 is 1.23 bits per heavy atom. The highest BCUT2D eigenvalue weighted by Gasteiger charge is 2.28. The first-order chi connectivity index (χ1) is 14.7. The van der Waals surface area contributed by atoms with E-state index in [1.807, 2.05) is 25.0 Å². The predicted octanol–water partition coefficient (Wildman–Crippen LogP) is 3.25. The Bertz CT molecular complexity index is 846. The Morgan fingerprint density at radius 2 is 1.97 bits per heavy atom. The molecule has 1 aromatic heterocycles. The summed E-state index contributed by atoms with van der Waals surface area (Å²) in [5.41, 5.74) is 2.65. The molecule has 0 saturated carbocycles. The molecule has 2 aliphatic heterocycles. The molecule has 0 spiro atoms. The van der Waals surface area contributed by atoms with E-state index < -0.39 is 0 Å². The lowest BCUT2D eigenvalue weighted by atomic mass is 10.0. The fourth-order valence-electron chi connectivity index (χ4n) is 4.73. The predicted molar refractivity (Wildman–Crippen MR) is 135 cm³/mol. The van der Waals surface area contributed by atoms with Crippen LogP contribution in [-0.4, -0.2) is 72.4 Å². The van der Waals surface area contributed by atoms with Gasteiger partial charge in [0.1, 0.15) is 5.75 Å². The molecule has 2 aliphatic rings. The molecule has 2 fully saturated rings. The van der Waals surface area contributed by atoms with Crippen LogP contribution in [-0.2, 0) is 7.05 Å². The number of hydrogen-bond donors (Lipinski definition) is 1. The molecule has 3 heterocycles. The number of aliphatic imine (C=N–C) groups is 1. The topological polar surface area (TPSA) is 57.9 Å². The molecule has 7 nitrogen and oxygen atoms in total. The lowest BCUT2D eigenvalue weighted by Gasteiger charge is -2.30. The van der Waals surface area contributed by atoms with Crippen LogP contribution >= 0.6 is 24.0 Å². The fraction of sp³-hybridized carbons (Fsp3) is 0.565. The van der Waals surface area contributed by atoms with Gasteiger partial charge in [-0.2, -0.15) is 5.10 Å². The molecule has 0 amide bonds. The van der Waals surface area contributed by atoms with Gasteiger partial charge in [-0.25, -0.2) is 0 Å². The minimum absolute atomic E-state index is 0. The lowest BCUT2D eigenvalue weighted by molar-refractivity contribution is 0.244. The van der Waals surface area contributed by atoms with Gasteiger partial charge in [-0.05, 0) is 55.6 Å². The first kappa shape index (κ1) is 23.8. The molecular weight excluding hydrogens is 503 g/mol. The van der Waals surface area contributed by atoms with E-state index in [4.69, 9.17) is 4.74 Å². The SMILES string of the molecule is CN=C(NCC(c1ccc(OC)cc1)N1CCCC1)N1CCC(c2cnn(C)c2)C1.I. The zero-order valence-electron chi connectivity index (χ0n) is 18.8. The van der Waals surface area contributed by atoms with E-state index in [1.54, 1.807) is 7.11 Å². The van der Waals surface area contributed by atoms with Crippen LogP contribution in [0.15, 0.2) is 41.7 Å². The third-order valence-corrected chi connectivity index (χ3v) is 6.43. The highest BCUT2D eigenvalue weighted by atomic mass is 127. The van der Waals surface area contributed by atoms with Gasteiger partial charge in [-0.15, -0.1) is 24.0 Å². The maximum absolute atomic E-state index is 5.34. The highest BCUT2D eigenvalue weighted by Crippen LogP contribution is 2.28. The van der Waals surface area contributed by atoms with Crippen molar-refractivity contribution in [2.45, 2.75) is 31.2 Å². The summed E-state index contributed by atoms with van der Waals surface area (Å²) in [7, 11) is 5.58. The van der Waals surface area contributed by atoms with Gasteiger partial charge in [0.2, 0.25) is 0 Å². The van der Waals surface area contributed by atoms with Crippen molar-refractivity contribution in [2.75, 3.05) is 46.9 Å². The molecule has 8 heteroatoms. The lowest BCUT2D eigenvalue weighted by Crippen LogP contribution is -2.44. The minimum atomic E-state index is 0. The van der Waals surface area contributed by atoms with Crippen molar-refractivity contribution in [3.05, 3.63) is 47.8 Å². The van der Waals surface area contributed by atoms with E-state index in [2.05, 4.69) is 55.7 Å². The number of likely N-dealkylation sites (tertiary alicyclic amines) is 2. The molecule has 31 heavy (non-hydrogen) atoms. The van der Waals surface area contributed by atoms with Crippen LogP contribution < -0.4 is 10.1 Å². The molecule has 2 unspecified atom stereocenters. The van der Waals surface area contributed by atoms with Gasteiger partial charge < -0.3 is 15.0 Å². The molecule has 170 valence electrons. The number of nitrogens with zero attached hydrogens (tertiary/aromatic N) is 5. The molecule has 1 aromatic carbocycles. The number of aryl methyl sites for hydroxylation is 1. The summed E-state index contributed by atoms with van der Waals surface area (Å²) in [6.45, 7) is 5.18. The van der Waals surface area contributed by atoms with Crippen molar-refractivity contribution in [3.8, 4) is 5.75 Å². The standard InChI is InChI=1S/C23H34N6O.HI/c1-24-23(29-13-10-19(17-29)20-14-26-27(2)16-20)25-15-22(28-11-4-5-12-28)18-6-8-21(30-3)9-7-18;/h6-9,14,16,19,22H,4-5,10-13,15,17H2,1-3H3,(H,24,25);1H. The van der Waals surface area contributed by atoms with Crippen LogP contribution in [0.5, 0.6) is 5.75 Å². The molecule has 0 aliphatic carbocycles. The van der Waals surface area contributed by atoms with Gasteiger partial charge in [0, 0.05) is 45.8 Å². The molecule has 2 saturated heterocycles. The number of nitrogens with one attached hydrogen (secondary N) is 1. The second-order valence-corrected chi connectivity index (χ2v) is 8.34. The summed E-state index contributed by atoms with van der Waals surface area (Å²) >= 11 is 0. The Morgan fingerprint density at radius 3 is 2.58 bits per heavy atom. The zero-order chi connectivity index (χ0) is 20.9. The number of rotatable bonds is 6. The normalized spacial score (nSPS) is 20.5. The summed E-state index contributed by atoms with van der Waals surface area (Å²) in [5, 5.41) is 8.01. The monoisotopic (exact) mass is 538 g/mol.